The highest BCUT2D eigenvalue weighted by molar-refractivity contribution is 5.95. The van der Waals surface area contributed by atoms with Crippen molar-refractivity contribution in [3.8, 4) is 0 Å². The predicted molar refractivity (Wildman–Crippen MR) is 73.9 cm³/mol. The van der Waals surface area contributed by atoms with Gasteiger partial charge in [-0.25, -0.2) is 0 Å². The van der Waals surface area contributed by atoms with Crippen LogP contribution in [-0.4, -0.2) is 64.2 Å². The van der Waals surface area contributed by atoms with Crippen molar-refractivity contribution in [2.24, 2.45) is 5.73 Å². The van der Waals surface area contributed by atoms with E-state index in [4.69, 9.17) is 5.73 Å². The van der Waals surface area contributed by atoms with Crippen LogP contribution in [-0.2, 0) is 0 Å². The summed E-state index contributed by atoms with van der Waals surface area (Å²) in [5, 5.41) is 6.71. The number of rotatable bonds is 3. The Kier molecular flexibility index (Phi) is 3.91. The Labute approximate surface area is 113 Å². The first-order valence-corrected chi connectivity index (χ1v) is 6.70. The highest BCUT2D eigenvalue weighted by Crippen LogP contribution is 2.17. The number of carbonyl (C=O) groups excluding carboxylic acids is 1. The maximum atomic E-state index is 12.3. The molecule has 1 aliphatic rings. The van der Waals surface area contributed by atoms with Gasteiger partial charge in [-0.05, 0) is 20.8 Å². The number of aromatic nitrogens is 2. The normalized spacial score (nSPS) is 17.8. The van der Waals surface area contributed by atoms with Gasteiger partial charge >= 0.3 is 0 Å². The van der Waals surface area contributed by atoms with Crippen molar-refractivity contribution >= 4 is 5.91 Å². The molecule has 1 amide bonds. The van der Waals surface area contributed by atoms with Gasteiger partial charge in [0, 0.05) is 44.0 Å². The lowest BCUT2D eigenvalue weighted by Gasteiger charge is -2.43. The number of carbonyl (C=O) groups is 1. The molecule has 0 unspecified atom stereocenters. The Balaban J connectivity index is 1.97. The number of hydrogen-bond acceptors (Lipinski definition) is 4. The van der Waals surface area contributed by atoms with Gasteiger partial charge in [-0.3, -0.25) is 14.8 Å². The summed E-state index contributed by atoms with van der Waals surface area (Å²) in [5.74, 6) is 0.0662. The Morgan fingerprint density at radius 2 is 2.05 bits per heavy atom. The third-order valence-corrected chi connectivity index (χ3v) is 3.98. The number of nitrogens with one attached hydrogen (secondary N) is 1. The van der Waals surface area contributed by atoms with Crippen LogP contribution in [0.4, 0.5) is 0 Å². The second-order valence-electron chi connectivity index (χ2n) is 5.70. The van der Waals surface area contributed by atoms with Crippen LogP contribution in [0.1, 0.15) is 29.9 Å². The van der Waals surface area contributed by atoms with E-state index in [1.54, 1.807) is 6.20 Å². The van der Waals surface area contributed by atoms with Crippen molar-refractivity contribution in [1.82, 2.24) is 20.0 Å². The lowest BCUT2D eigenvalue weighted by Crippen LogP contribution is -2.58. The van der Waals surface area contributed by atoms with Gasteiger partial charge < -0.3 is 10.6 Å². The van der Waals surface area contributed by atoms with Gasteiger partial charge in [0.05, 0.1) is 11.8 Å². The fourth-order valence-electron chi connectivity index (χ4n) is 2.38. The SMILES string of the molecule is Cc1[nH]ncc1C(=O)N1CCN(C(C)(C)CN)CC1. The second kappa shape index (κ2) is 5.30. The summed E-state index contributed by atoms with van der Waals surface area (Å²) in [6.07, 6.45) is 1.61. The number of hydrogen-bond donors (Lipinski definition) is 2. The van der Waals surface area contributed by atoms with E-state index >= 15 is 0 Å². The standard InChI is InChI=1S/C13H23N5O/c1-10-11(8-15-16-10)12(19)17-4-6-18(7-5-17)13(2,3)9-14/h8H,4-7,9,14H2,1-3H3,(H,15,16). The lowest BCUT2D eigenvalue weighted by molar-refractivity contribution is 0.0426. The zero-order valence-corrected chi connectivity index (χ0v) is 11.9. The minimum Gasteiger partial charge on any atom is -0.336 e. The topological polar surface area (TPSA) is 78.2 Å². The quantitative estimate of drug-likeness (QED) is 0.819. The molecule has 1 fully saturated rings. The molecule has 0 atom stereocenters. The molecule has 0 spiro atoms. The molecule has 2 heterocycles. The first-order chi connectivity index (χ1) is 8.95. The highest BCUT2D eigenvalue weighted by Gasteiger charge is 2.30. The fourth-order valence-corrected chi connectivity index (χ4v) is 2.38. The molecule has 0 aromatic carbocycles. The van der Waals surface area contributed by atoms with Crippen molar-refractivity contribution in [2.75, 3.05) is 32.7 Å². The summed E-state index contributed by atoms with van der Waals surface area (Å²) >= 11 is 0. The van der Waals surface area contributed by atoms with E-state index in [1.165, 1.54) is 0 Å². The number of aromatic amines is 1. The van der Waals surface area contributed by atoms with Gasteiger partial charge in [0.2, 0.25) is 0 Å². The maximum absolute atomic E-state index is 12.3. The molecular weight excluding hydrogens is 242 g/mol. The Morgan fingerprint density at radius 1 is 1.42 bits per heavy atom. The third kappa shape index (κ3) is 2.79. The molecule has 1 aromatic rings. The largest absolute Gasteiger partial charge is 0.336 e. The third-order valence-electron chi connectivity index (χ3n) is 3.98. The monoisotopic (exact) mass is 265 g/mol. The minimum absolute atomic E-state index is 0.000689. The molecule has 1 aromatic heterocycles. The predicted octanol–water partition coefficient (Wildman–Crippen LogP) is 0.213. The smallest absolute Gasteiger partial charge is 0.257 e. The summed E-state index contributed by atoms with van der Waals surface area (Å²) in [6.45, 7) is 10.0. The van der Waals surface area contributed by atoms with Crippen molar-refractivity contribution in [3.63, 3.8) is 0 Å². The van der Waals surface area contributed by atoms with Crippen LogP contribution in [0, 0.1) is 6.92 Å². The number of amides is 1. The van der Waals surface area contributed by atoms with E-state index in [9.17, 15) is 4.79 Å². The van der Waals surface area contributed by atoms with Crippen molar-refractivity contribution in [1.29, 1.82) is 0 Å². The summed E-state index contributed by atoms with van der Waals surface area (Å²) in [4.78, 5) is 16.6. The molecule has 2 rings (SSSR count). The lowest BCUT2D eigenvalue weighted by atomic mass is 10.0. The summed E-state index contributed by atoms with van der Waals surface area (Å²) in [6, 6.07) is 0. The molecule has 0 aliphatic carbocycles. The van der Waals surface area contributed by atoms with Crippen molar-refractivity contribution < 1.29 is 4.79 Å². The van der Waals surface area contributed by atoms with Crippen LogP contribution in [0.3, 0.4) is 0 Å². The van der Waals surface area contributed by atoms with E-state index in [0.29, 0.717) is 12.1 Å². The molecule has 6 nitrogen and oxygen atoms in total. The number of nitrogens with two attached hydrogens (primary N) is 1. The van der Waals surface area contributed by atoms with E-state index in [2.05, 4.69) is 28.9 Å². The molecule has 1 saturated heterocycles. The molecule has 0 radical (unpaired) electrons. The maximum Gasteiger partial charge on any atom is 0.257 e. The van der Waals surface area contributed by atoms with Crippen LogP contribution in [0.5, 0.6) is 0 Å². The van der Waals surface area contributed by atoms with Gasteiger partial charge in [0.1, 0.15) is 0 Å². The molecule has 19 heavy (non-hydrogen) atoms. The van der Waals surface area contributed by atoms with Gasteiger partial charge in [0.25, 0.3) is 5.91 Å². The molecular formula is C13H23N5O. The first-order valence-electron chi connectivity index (χ1n) is 6.70. The van der Waals surface area contributed by atoms with Crippen LogP contribution in [0.15, 0.2) is 6.20 Å². The molecule has 3 N–H and O–H groups in total. The van der Waals surface area contributed by atoms with E-state index in [0.717, 1.165) is 31.9 Å². The molecule has 0 bridgehead atoms. The van der Waals surface area contributed by atoms with Gasteiger partial charge in [0.15, 0.2) is 0 Å². The average molecular weight is 265 g/mol. The van der Waals surface area contributed by atoms with E-state index < -0.39 is 0 Å². The Hall–Kier alpha value is -1.40. The zero-order chi connectivity index (χ0) is 14.0. The summed E-state index contributed by atoms with van der Waals surface area (Å²) < 4.78 is 0. The number of aryl methyl sites for hydroxylation is 1. The van der Waals surface area contributed by atoms with Crippen molar-refractivity contribution in [2.45, 2.75) is 26.3 Å². The number of piperazine rings is 1. The zero-order valence-electron chi connectivity index (χ0n) is 11.9. The number of nitrogens with zero attached hydrogens (tertiary/aromatic N) is 3. The van der Waals surface area contributed by atoms with Gasteiger partial charge in [-0.15, -0.1) is 0 Å². The first kappa shape index (κ1) is 14.0. The highest BCUT2D eigenvalue weighted by atomic mass is 16.2. The Bertz CT molecular complexity index is 446. The molecule has 0 saturated carbocycles. The molecule has 6 heteroatoms. The van der Waals surface area contributed by atoms with Crippen LogP contribution >= 0.6 is 0 Å². The summed E-state index contributed by atoms with van der Waals surface area (Å²) in [7, 11) is 0. The average Bonchev–Trinajstić information content (AvgIpc) is 2.84. The van der Waals surface area contributed by atoms with Gasteiger partial charge in [-0.2, -0.15) is 5.10 Å². The van der Waals surface area contributed by atoms with Crippen LogP contribution in [0.25, 0.3) is 0 Å². The minimum atomic E-state index is 0.000689. The van der Waals surface area contributed by atoms with Crippen molar-refractivity contribution in [3.05, 3.63) is 17.5 Å². The van der Waals surface area contributed by atoms with E-state index in [1.807, 2.05) is 11.8 Å². The second-order valence-corrected chi connectivity index (χ2v) is 5.70. The van der Waals surface area contributed by atoms with Crippen LogP contribution < -0.4 is 5.73 Å². The number of H-pyrrole nitrogens is 1. The molecule has 1 aliphatic heterocycles. The molecule has 106 valence electrons. The van der Waals surface area contributed by atoms with Crippen LogP contribution in [0.2, 0.25) is 0 Å². The van der Waals surface area contributed by atoms with Gasteiger partial charge in [-0.1, -0.05) is 0 Å². The van der Waals surface area contributed by atoms with E-state index in [-0.39, 0.29) is 11.4 Å². The Morgan fingerprint density at radius 3 is 2.53 bits per heavy atom. The summed E-state index contributed by atoms with van der Waals surface area (Å²) in [5.41, 5.74) is 7.30. The fraction of sp³-hybridized carbons (Fsp3) is 0.692.